The minimum Gasteiger partial charge on any atom is -0.329 e. The van der Waals surface area contributed by atoms with E-state index >= 15 is 0 Å². The van der Waals surface area contributed by atoms with Gasteiger partial charge in [-0.05, 0) is 24.9 Å². The molecule has 18 heavy (non-hydrogen) atoms. The van der Waals surface area contributed by atoms with Crippen molar-refractivity contribution >= 4 is 11.3 Å². The number of thiophene rings is 1. The summed E-state index contributed by atoms with van der Waals surface area (Å²) in [4.78, 5) is 3.84. The Hall–Kier alpha value is -0.380. The lowest BCUT2D eigenvalue weighted by molar-refractivity contribution is 0.224. The molecule has 104 valence electrons. The van der Waals surface area contributed by atoms with Crippen molar-refractivity contribution in [3.63, 3.8) is 0 Å². The second kappa shape index (κ2) is 9.54. The average molecular weight is 268 g/mol. The Kier molecular flexibility index (Phi) is 8.31. The third kappa shape index (κ3) is 5.98. The largest absolute Gasteiger partial charge is 0.329 e. The van der Waals surface area contributed by atoms with Crippen LogP contribution in [-0.4, -0.2) is 24.5 Å². The number of rotatable bonds is 10. The lowest BCUT2D eigenvalue weighted by Crippen LogP contribution is -2.37. The van der Waals surface area contributed by atoms with Crippen LogP contribution in [-0.2, 0) is 6.54 Å². The lowest BCUT2D eigenvalue weighted by atomic mass is 10.1. The van der Waals surface area contributed by atoms with E-state index in [1.165, 1.54) is 43.4 Å². The van der Waals surface area contributed by atoms with Crippen LogP contribution in [0, 0.1) is 0 Å². The van der Waals surface area contributed by atoms with Crippen molar-refractivity contribution in [3.8, 4) is 0 Å². The van der Waals surface area contributed by atoms with Gasteiger partial charge in [0.1, 0.15) is 0 Å². The fourth-order valence-electron chi connectivity index (χ4n) is 2.28. The third-order valence-corrected chi connectivity index (χ3v) is 4.38. The fraction of sp³-hybridized carbons (Fsp3) is 0.733. The zero-order valence-electron chi connectivity index (χ0n) is 11.9. The van der Waals surface area contributed by atoms with Crippen molar-refractivity contribution in [3.05, 3.63) is 22.4 Å². The Labute approximate surface area is 116 Å². The van der Waals surface area contributed by atoms with Gasteiger partial charge in [-0.3, -0.25) is 4.90 Å². The molecule has 0 saturated heterocycles. The molecule has 1 rings (SSSR count). The number of likely N-dealkylation sites (N-methyl/N-ethyl adjacent to an activating group) is 1. The number of nitrogens with two attached hydrogens (primary N) is 1. The van der Waals surface area contributed by atoms with E-state index in [0.717, 1.165) is 13.1 Å². The van der Waals surface area contributed by atoms with Gasteiger partial charge >= 0.3 is 0 Å². The smallest absolute Gasteiger partial charge is 0.0328 e. The van der Waals surface area contributed by atoms with Crippen LogP contribution in [0.25, 0.3) is 0 Å². The van der Waals surface area contributed by atoms with Gasteiger partial charge in [0, 0.05) is 24.0 Å². The highest BCUT2D eigenvalue weighted by Gasteiger charge is 2.13. The van der Waals surface area contributed by atoms with Crippen LogP contribution in [0.3, 0.4) is 0 Å². The monoisotopic (exact) mass is 268 g/mol. The molecule has 0 fully saturated rings. The van der Waals surface area contributed by atoms with Gasteiger partial charge in [0.2, 0.25) is 0 Å². The van der Waals surface area contributed by atoms with Crippen molar-refractivity contribution in [2.45, 2.75) is 58.0 Å². The minimum atomic E-state index is 0.536. The summed E-state index contributed by atoms with van der Waals surface area (Å²) < 4.78 is 0. The lowest BCUT2D eigenvalue weighted by Gasteiger charge is -2.26. The molecule has 1 heterocycles. The van der Waals surface area contributed by atoms with Crippen LogP contribution in [0.5, 0.6) is 0 Å². The van der Waals surface area contributed by atoms with Gasteiger partial charge in [-0.2, -0.15) is 0 Å². The van der Waals surface area contributed by atoms with E-state index in [-0.39, 0.29) is 0 Å². The quantitative estimate of drug-likeness (QED) is 0.653. The molecule has 1 aromatic heterocycles. The average Bonchev–Trinajstić information content (AvgIpc) is 2.86. The molecule has 0 aliphatic carbocycles. The number of hydrogen-bond donors (Lipinski definition) is 1. The Morgan fingerprint density at radius 3 is 2.67 bits per heavy atom. The first kappa shape index (κ1) is 15.7. The van der Waals surface area contributed by atoms with Gasteiger partial charge in [-0.1, -0.05) is 45.1 Å². The standard InChI is InChI=1S/C15H28N2S/c1-3-4-5-6-7-9-14(12-16)17(2)13-15-10-8-11-18-15/h8,10-11,14H,3-7,9,12-13,16H2,1-2H3. The highest BCUT2D eigenvalue weighted by atomic mass is 32.1. The Morgan fingerprint density at radius 2 is 2.06 bits per heavy atom. The first-order chi connectivity index (χ1) is 8.77. The van der Waals surface area contributed by atoms with E-state index in [1.807, 2.05) is 11.3 Å². The van der Waals surface area contributed by atoms with Gasteiger partial charge in [0.05, 0.1) is 0 Å². The van der Waals surface area contributed by atoms with Crippen LogP contribution in [0.15, 0.2) is 17.5 Å². The summed E-state index contributed by atoms with van der Waals surface area (Å²) in [5.74, 6) is 0. The van der Waals surface area contributed by atoms with Crippen molar-refractivity contribution < 1.29 is 0 Å². The van der Waals surface area contributed by atoms with Crippen LogP contribution in [0.1, 0.15) is 50.3 Å². The maximum atomic E-state index is 5.91. The number of hydrogen-bond acceptors (Lipinski definition) is 3. The molecule has 3 heteroatoms. The molecule has 0 amide bonds. The van der Waals surface area contributed by atoms with E-state index < -0.39 is 0 Å². The molecule has 0 aliphatic heterocycles. The molecule has 0 spiro atoms. The van der Waals surface area contributed by atoms with Gasteiger partial charge in [-0.15, -0.1) is 11.3 Å². The number of unbranched alkanes of at least 4 members (excludes halogenated alkanes) is 4. The maximum absolute atomic E-state index is 5.91. The highest BCUT2D eigenvalue weighted by molar-refractivity contribution is 7.09. The first-order valence-electron chi connectivity index (χ1n) is 7.20. The molecule has 0 saturated carbocycles. The molecular weight excluding hydrogens is 240 g/mol. The Balaban J connectivity index is 2.22. The van der Waals surface area contributed by atoms with Crippen LogP contribution >= 0.6 is 11.3 Å². The van der Waals surface area contributed by atoms with Gasteiger partial charge in [0.25, 0.3) is 0 Å². The second-order valence-electron chi connectivity index (χ2n) is 5.09. The van der Waals surface area contributed by atoms with E-state index in [0.29, 0.717) is 6.04 Å². The molecule has 2 nitrogen and oxygen atoms in total. The van der Waals surface area contributed by atoms with Crippen molar-refractivity contribution in [1.82, 2.24) is 4.90 Å². The molecular formula is C15H28N2S. The molecule has 0 aromatic carbocycles. The normalized spacial score (nSPS) is 13.1. The van der Waals surface area contributed by atoms with E-state index in [4.69, 9.17) is 5.73 Å². The first-order valence-corrected chi connectivity index (χ1v) is 8.08. The molecule has 1 unspecified atom stereocenters. The van der Waals surface area contributed by atoms with Crippen molar-refractivity contribution in [2.75, 3.05) is 13.6 Å². The summed E-state index contributed by atoms with van der Waals surface area (Å²) in [5.41, 5.74) is 5.91. The predicted octanol–water partition coefficient (Wildman–Crippen LogP) is 3.87. The molecule has 1 atom stereocenters. The number of nitrogens with zero attached hydrogens (tertiary/aromatic N) is 1. The van der Waals surface area contributed by atoms with Crippen LogP contribution < -0.4 is 5.73 Å². The molecule has 0 bridgehead atoms. The van der Waals surface area contributed by atoms with E-state index in [1.54, 1.807) is 0 Å². The van der Waals surface area contributed by atoms with E-state index in [2.05, 4.69) is 36.4 Å². The zero-order chi connectivity index (χ0) is 13.2. The second-order valence-corrected chi connectivity index (χ2v) is 6.12. The summed E-state index contributed by atoms with van der Waals surface area (Å²) in [6.45, 7) is 4.07. The predicted molar refractivity (Wildman–Crippen MR) is 82.0 cm³/mol. The summed E-state index contributed by atoms with van der Waals surface area (Å²) in [7, 11) is 2.20. The minimum absolute atomic E-state index is 0.536. The van der Waals surface area contributed by atoms with Gasteiger partial charge < -0.3 is 5.73 Å². The van der Waals surface area contributed by atoms with Gasteiger partial charge in [0.15, 0.2) is 0 Å². The third-order valence-electron chi connectivity index (χ3n) is 3.52. The SMILES string of the molecule is CCCCCCCC(CN)N(C)Cc1cccs1. The van der Waals surface area contributed by atoms with Crippen molar-refractivity contribution in [2.24, 2.45) is 5.73 Å². The van der Waals surface area contributed by atoms with Gasteiger partial charge in [-0.25, -0.2) is 0 Å². The molecule has 1 aromatic rings. The summed E-state index contributed by atoms with van der Waals surface area (Å²) in [6.07, 6.45) is 7.98. The van der Waals surface area contributed by atoms with Crippen molar-refractivity contribution in [1.29, 1.82) is 0 Å². The van der Waals surface area contributed by atoms with E-state index in [9.17, 15) is 0 Å². The fourth-order valence-corrected chi connectivity index (χ4v) is 3.05. The summed E-state index contributed by atoms with van der Waals surface area (Å²) in [5, 5.41) is 2.14. The molecule has 0 radical (unpaired) electrons. The summed E-state index contributed by atoms with van der Waals surface area (Å²) in [6, 6.07) is 4.86. The Morgan fingerprint density at radius 1 is 1.28 bits per heavy atom. The van der Waals surface area contributed by atoms with Crippen LogP contribution in [0.4, 0.5) is 0 Å². The zero-order valence-corrected chi connectivity index (χ0v) is 12.7. The maximum Gasteiger partial charge on any atom is 0.0328 e. The Bertz CT molecular complexity index is 285. The van der Waals surface area contributed by atoms with Crippen LogP contribution in [0.2, 0.25) is 0 Å². The molecule has 2 N–H and O–H groups in total. The molecule has 0 aliphatic rings. The summed E-state index contributed by atoms with van der Waals surface area (Å²) >= 11 is 1.83. The highest BCUT2D eigenvalue weighted by Crippen LogP contribution is 2.15. The topological polar surface area (TPSA) is 29.3 Å².